The van der Waals surface area contributed by atoms with Crippen LogP contribution >= 0.6 is 11.8 Å². The van der Waals surface area contributed by atoms with Crippen molar-refractivity contribution in [2.45, 2.75) is 13.8 Å². The Bertz CT molecular complexity index is 430. The third kappa shape index (κ3) is 3.38. The van der Waals surface area contributed by atoms with Crippen LogP contribution in [0.4, 0.5) is 5.69 Å². The lowest BCUT2D eigenvalue weighted by Crippen LogP contribution is -1.93. The largest absolute Gasteiger partial charge is 0.242 e. The van der Waals surface area contributed by atoms with Crippen molar-refractivity contribution >= 4 is 22.5 Å². The topological polar surface area (TPSA) is 12.4 Å². The van der Waals surface area contributed by atoms with E-state index in [9.17, 15) is 0 Å². The molecule has 1 aromatic carbocycles. The van der Waals surface area contributed by atoms with Gasteiger partial charge in [0.05, 0.1) is 10.7 Å². The van der Waals surface area contributed by atoms with Crippen LogP contribution in [0.1, 0.15) is 12.5 Å². The number of rotatable bonds is 3. The van der Waals surface area contributed by atoms with Gasteiger partial charge in [-0.3, -0.25) is 0 Å². The first kappa shape index (κ1) is 12.8. The van der Waals surface area contributed by atoms with Crippen molar-refractivity contribution < 1.29 is 0 Å². The van der Waals surface area contributed by atoms with E-state index in [-0.39, 0.29) is 0 Å². The Kier molecular flexibility index (Phi) is 5.06. The molecule has 0 heterocycles. The number of allylic oxidation sites excluding steroid dienone is 2. The van der Waals surface area contributed by atoms with Crippen molar-refractivity contribution in [1.82, 2.24) is 0 Å². The average Bonchev–Trinajstić information content (AvgIpc) is 2.28. The summed E-state index contributed by atoms with van der Waals surface area (Å²) in [4.78, 5) is 4.66. The molecule has 0 unspecified atom stereocenters. The first-order chi connectivity index (χ1) is 7.69. The summed E-state index contributed by atoms with van der Waals surface area (Å²) in [5.41, 5.74) is 3.37. The van der Waals surface area contributed by atoms with Crippen LogP contribution in [-0.2, 0) is 0 Å². The van der Waals surface area contributed by atoms with E-state index in [0.29, 0.717) is 0 Å². The van der Waals surface area contributed by atoms with Gasteiger partial charge < -0.3 is 0 Å². The second-order valence-electron chi connectivity index (χ2n) is 3.49. The highest BCUT2D eigenvalue weighted by molar-refractivity contribution is 8.13. The molecule has 0 aliphatic carbocycles. The van der Waals surface area contributed by atoms with Gasteiger partial charge in [-0.2, -0.15) is 0 Å². The summed E-state index contributed by atoms with van der Waals surface area (Å²) < 4.78 is 0. The molecule has 0 aliphatic rings. The van der Waals surface area contributed by atoms with E-state index in [1.807, 2.05) is 30.5 Å². The molecule has 0 N–H and O–H groups in total. The second-order valence-corrected chi connectivity index (χ2v) is 4.29. The van der Waals surface area contributed by atoms with Gasteiger partial charge in [0.15, 0.2) is 0 Å². The molecule has 0 saturated carbocycles. The Morgan fingerprint density at radius 1 is 1.38 bits per heavy atom. The van der Waals surface area contributed by atoms with Gasteiger partial charge in [-0.1, -0.05) is 36.9 Å². The second kappa shape index (κ2) is 6.33. The van der Waals surface area contributed by atoms with Crippen LogP contribution in [-0.4, -0.2) is 11.3 Å². The summed E-state index contributed by atoms with van der Waals surface area (Å²) >= 11 is 1.66. The van der Waals surface area contributed by atoms with Crippen LogP contribution < -0.4 is 0 Å². The highest BCUT2D eigenvalue weighted by Gasteiger charge is 2.01. The van der Waals surface area contributed by atoms with Gasteiger partial charge in [-0.25, -0.2) is 4.99 Å². The van der Waals surface area contributed by atoms with Crippen LogP contribution in [0.2, 0.25) is 0 Å². The number of aryl methyl sites for hydroxylation is 1. The highest BCUT2D eigenvalue weighted by Crippen LogP contribution is 2.21. The molecule has 16 heavy (non-hydrogen) atoms. The molecular weight excluding hydrogens is 214 g/mol. The van der Waals surface area contributed by atoms with Gasteiger partial charge >= 0.3 is 0 Å². The molecule has 0 radical (unpaired) electrons. The van der Waals surface area contributed by atoms with Crippen LogP contribution in [0.5, 0.6) is 0 Å². The fourth-order valence-electron chi connectivity index (χ4n) is 1.34. The van der Waals surface area contributed by atoms with E-state index < -0.39 is 0 Å². The molecule has 2 heteroatoms. The number of thioether (sulfide) groups is 1. The summed E-state index contributed by atoms with van der Waals surface area (Å²) in [6, 6.07) is 8.14. The molecule has 0 fully saturated rings. The summed E-state index contributed by atoms with van der Waals surface area (Å²) in [5.74, 6) is 0. The first-order valence-electron chi connectivity index (χ1n) is 5.17. The predicted molar refractivity (Wildman–Crippen MR) is 75.7 cm³/mol. The minimum atomic E-state index is 1.03. The number of benzene rings is 1. The monoisotopic (exact) mass is 231 g/mol. The van der Waals surface area contributed by atoms with Crippen LogP contribution in [0.15, 0.2) is 53.6 Å². The average molecular weight is 231 g/mol. The fourth-order valence-corrected chi connectivity index (χ4v) is 1.92. The van der Waals surface area contributed by atoms with E-state index >= 15 is 0 Å². The number of hydrogen-bond acceptors (Lipinski definition) is 2. The number of para-hydroxylation sites is 1. The summed E-state index contributed by atoms with van der Waals surface area (Å²) in [5, 5.41) is 1.04. The lowest BCUT2D eigenvalue weighted by atomic mass is 10.2. The minimum absolute atomic E-state index is 1.03. The van der Waals surface area contributed by atoms with E-state index in [2.05, 4.69) is 31.5 Å². The molecule has 0 atom stereocenters. The molecule has 1 nitrogen and oxygen atoms in total. The molecule has 84 valence electrons. The third-order valence-electron chi connectivity index (χ3n) is 2.24. The standard InChI is InChI=1S/C14H17NS/c1-5-8-12(3)14(16-4)15-13-10-7-6-9-11(13)2/h5-10H,1H2,2-4H3/b12-8+,15-14-. The zero-order valence-electron chi connectivity index (χ0n) is 10.0. The van der Waals surface area contributed by atoms with E-state index in [0.717, 1.165) is 16.3 Å². The number of hydrogen-bond donors (Lipinski definition) is 0. The predicted octanol–water partition coefficient (Wildman–Crippen LogP) is 4.52. The lowest BCUT2D eigenvalue weighted by Gasteiger charge is -2.05. The van der Waals surface area contributed by atoms with Gasteiger partial charge in [0.1, 0.15) is 0 Å². The Morgan fingerprint density at radius 2 is 2.06 bits per heavy atom. The van der Waals surface area contributed by atoms with Crippen LogP contribution in [0.3, 0.4) is 0 Å². The Morgan fingerprint density at radius 3 is 2.62 bits per heavy atom. The van der Waals surface area contributed by atoms with Gasteiger partial charge in [-0.15, -0.1) is 11.8 Å². The summed E-state index contributed by atoms with van der Waals surface area (Å²) in [6.45, 7) is 7.82. The first-order valence-corrected chi connectivity index (χ1v) is 6.39. The molecule has 0 bridgehead atoms. The molecule has 1 aromatic rings. The maximum atomic E-state index is 4.66. The maximum absolute atomic E-state index is 4.66. The summed E-state index contributed by atoms with van der Waals surface area (Å²) in [7, 11) is 0. The quantitative estimate of drug-likeness (QED) is 0.423. The van der Waals surface area contributed by atoms with Crippen molar-refractivity contribution in [2.24, 2.45) is 4.99 Å². The molecular formula is C14H17NS. The smallest absolute Gasteiger partial charge is 0.0993 e. The van der Waals surface area contributed by atoms with Crippen LogP contribution in [0, 0.1) is 6.92 Å². The zero-order valence-corrected chi connectivity index (χ0v) is 10.8. The molecule has 0 saturated heterocycles. The SMILES string of the molecule is C=C/C=C(C)/C(=N/c1ccccc1C)SC. The van der Waals surface area contributed by atoms with Crippen molar-refractivity contribution in [3.63, 3.8) is 0 Å². The van der Waals surface area contributed by atoms with Gasteiger partial charge in [0.25, 0.3) is 0 Å². The Hall–Kier alpha value is -1.28. The fraction of sp³-hybridized carbons (Fsp3) is 0.214. The van der Waals surface area contributed by atoms with Crippen molar-refractivity contribution in [3.8, 4) is 0 Å². The van der Waals surface area contributed by atoms with Crippen molar-refractivity contribution in [1.29, 1.82) is 0 Å². The Labute approximate surface area is 102 Å². The van der Waals surface area contributed by atoms with Gasteiger partial charge in [0, 0.05) is 0 Å². The van der Waals surface area contributed by atoms with E-state index in [1.54, 1.807) is 17.8 Å². The van der Waals surface area contributed by atoms with Crippen molar-refractivity contribution in [2.75, 3.05) is 6.26 Å². The molecule has 1 rings (SSSR count). The molecule has 0 aliphatic heterocycles. The number of nitrogens with zero attached hydrogens (tertiary/aromatic N) is 1. The van der Waals surface area contributed by atoms with Crippen LogP contribution in [0.25, 0.3) is 0 Å². The molecule has 0 spiro atoms. The normalized spacial score (nSPS) is 12.7. The summed E-state index contributed by atoms with van der Waals surface area (Å²) in [6.07, 6.45) is 5.81. The molecule has 0 aromatic heterocycles. The van der Waals surface area contributed by atoms with Crippen molar-refractivity contribution in [3.05, 3.63) is 54.1 Å². The van der Waals surface area contributed by atoms with Gasteiger partial charge in [0.2, 0.25) is 0 Å². The zero-order chi connectivity index (χ0) is 12.0. The lowest BCUT2D eigenvalue weighted by molar-refractivity contribution is 1.40. The Balaban J connectivity index is 3.10. The molecule has 0 amide bonds. The third-order valence-corrected chi connectivity index (χ3v) is 3.04. The van der Waals surface area contributed by atoms with E-state index in [1.165, 1.54) is 5.56 Å². The van der Waals surface area contributed by atoms with E-state index in [4.69, 9.17) is 0 Å². The number of aliphatic imine (C=N–C) groups is 1. The highest BCUT2D eigenvalue weighted by atomic mass is 32.2. The minimum Gasteiger partial charge on any atom is -0.242 e. The maximum Gasteiger partial charge on any atom is 0.0993 e. The van der Waals surface area contributed by atoms with Gasteiger partial charge in [-0.05, 0) is 37.3 Å².